The van der Waals surface area contributed by atoms with Crippen LogP contribution < -0.4 is 5.73 Å². The van der Waals surface area contributed by atoms with E-state index >= 15 is 0 Å². The largest absolute Gasteiger partial charge is 0.383 e. The van der Waals surface area contributed by atoms with E-state index in [4.69, 9.17) is 11.0 Å². The van der Waals surface area contributed by atoms with Crippen molar-refractivity contribution in [2.75, 3.05) is 5.73 Å². The van der Waals surface area contributed by atoms with Gasteiger partial charge in [-0.2, -0.15) is 5.26 Å². The van der Waals surface area contributed by atoms with Gasteiger partial charge in [0.2, 0.25) is 0 Å². The van der Waals surface area contributed by atoms with Crippen LogP contribution in [0, 0.1) is 24.1 Å². The lowest BCUT2D eigenvalue weighted by Gasteiger charge is -2.29. The summed E-state index contributed by atoms with van der Waals surface area (Å²) < 4.78 is 14.5. The highest BCUT2D eigenvalue weighted by Gasteiger charge is 2.26. The molecule has 0 fully saturated rings. The summed E-state index contributed by atoms with van der Waals surface area (Å²) in [7, 11) is 0. The van der Waals surface area contributed by atoms with Crippen LogP contribution in [0.25, 0.3) is 10.9 Å². The van der Waals surface area contributed by atoms with Crippen LogP contribution in [0.4, 0.5) is 10.2 Å². The molecule has 4 aromatic rings. The number of anilines is 1. The van der Waals surface area contributed by atoms with Gasteiger partial charge in [-0.3, -0.25) is 14.8 Å². The number of amides is 1. The highest BCUT2D eigenvalue weighted by atomic mass is 19.1. The van der Waals surface area contributed by atoms with E-state index in [1.807, 2.05) is 19.1 Å². The molecule has 0 aliphatic heterocycles. The van der Waals surface area contributed by atoms with Crippen LogP contribution >= 0.6 is 0 Å². The average molecular weight is 440 g/mol. The fourth-order valence-electron chi connectivity index (χ4n) is 3.59. The van der Waals surface area contributed by atoms with Gasteiger partial charge >= 0.3 is 0 Å². The van der Waals surface area contributed by atoms with E-state index < -0.39 is 11.9 Å². The van der Waals surface area contributed by atoms with E-state index in [0.717, 1.165) is 10.9 Å². The maximum absolute atomic E-state index is 14.5. The molecule has 33 heavy (non-hydrogen) atoms. The summed E-state index contributed by atoms with van der Waals surface area (Å²) in [6, 6.07) is 14.5. The third-order valence-corrected chi connectivity index (χ3v) is 5.49. The smallest absolute Gasteiger partial charge is 0.254 e. The molecule has 1 unspecified atom stereocenters. The summed E-state index contributed by atoms with van der Waals surface area (Å²) in [5.74, 6) is -0.367. The Morgan fingerprint density at radius 3 is 2.73 bits per heavy atom. The van der Waals surface area contributed by atoms with Crippen LogP contribution in [0.1, 0.15) is 45.8 Å². The Kier molecular flexibility index (Phi) is 5.96. The number of halogens is 1. The van der Waals surface area contributed by atoms with Crippen LogP contribution in [-0.2, 0) is 6.54 Å². The Morgan fingerprint density at radius 1 is 1.21 bits per heavy atom. The number of nitriles is 1. The summed E-state index contributed by atoms with van der Waals surface area (Å²) in [6.45, 7) is 3.68. The SMILES string of the molecule is Cc1cc2cc(C(=O)N(Cc3ccc(C#N)cn3)C(C)c3ncccc3F)ccc2nc1N. The van der Waals surface area contributed by atoms with Gasteiger partial charge in [0.15, 0.2) is 0 Å². The molecule has 1 atom stereocenters. The van der Waals surface area contributed by atoms with Crippen molar-refractivity contribution in [2.24, 2.45) is 0 Å². The topological polar surface area (TPSA) is 109 Å². The molecule has 8 heteroatoms. The van der Waals surface area contributed by atoms with E-state index in [9.17, 15) is 9.18 Å². The molecule has 1 aromatic carbocycles. The molecular weight excluding hydrogens is 419 g/mol. The zero-order chi connectivity index (χ0) is 23.5. The first-order chi connectivity index (χ1) is 15.9. The maximum Gasteiger partial charge on any atom is 0.254 e. The lowest BCUT2D eigenvalue weighted by atomic mass is 10.1. The van der Waals surface area contributed by atoms with Crippen molar-refractivity contribution in [3.05, 3.63) is 94.8 Å². The van der Waals surface area contributed by atoms with E-state index in [0.29, 0.717) is 28.2 Å². The molecule has 0 radical (unpaired) electrons. The van der Waals surface area contributed by atoms with Crippen molar-refractivity contribution in [3.8, 4) is 6.07 Å². The maximum atomic E-state index is 14.5. The number of hydrogen-bond acceptors (Lipinski definition) is 6. The van der Waals surface area contributed by atoms with Crippen molar-refractivity contribution < 1.29 is 9.18 Å². The average Bonchev–Trinajstić information content (AvgIpc) is 2.83. The molecule has 7 nitrogen and oxygen atoms in total. The predicted octanol–water partition coefficient (Wildman–Crippen LogP) is 4.33. The molecule has 3 aromatic heterocycles. The highest BCUT2D eigenvalue weighted by Crippen LogP contribution is 2.26. The van der Waals surface area contributed by atoms with Gasteiger partial charge in [-0.25, -0.2) is 9.37 Å². The van der Waals surface area contributed by atoms with E-state index in [1.54, 1.807) is 37.3 Å². The predicted molar refractivity (Wildman–Crippen MR) is 122 cm³/mol. The summed E-state index contributed by atoms with van der Waals surface area (Å²) >= 11 is 0. The second-order valence-corrected chi connectivity index (χ2v) is 7.73. The molecule has 0 saturated carbocycles. The van der Waals surface area contributed by atoms with Gasteiger partial charge in [0, 0.05) is 23.3 Å². The number of carbonyl (C=O) groups excluding carboxylic acids is 1. The van der Waals surface area contributed by atoms with Gasteiger partial charge in [-0.15, -0.1) is 0 Å². The standard InChI is InChI=1S/C25H21FN6O/c1-15-10-19-11-18(6-8-22(19)31-24(15)28)25(33)32(14-20-7-5-17(12-27)13-30-20)16(2)23-21(26)4-3-9-29-23/h3-11,13,16H,14H2,1-2H3,(H2,28,31). The fraction of sp³-hybridized carbons (Fsp3) is 0.160. The van der Waals surface area contributed by atoms with Crippen molar-refractivity contribution in [1.82, 2.24) is 19.9 Å². The zero-order valence-electron chi connectivity index (χ0n) is 18.2. The van der Waals surface area contributed by atoms with Gasteiger partial charge in [-0.1, -0.05) is 0 Å². The van der Waals surface area contributed by atoms with Crippen LogP contribution in [0.2, 0.25) is 0 Å². The first-order valence-corrected chi connectivity index (χ1v) is 10.3. The van der Waals surface area contributed by atoms with Gasteiger partial charge in [0.1, 0.15) is 17.7 Å². The Balaban J connectivity index is 1.75. The van der Waals surface area contributed by atoms with Gasteiger partial charge < -0.3 is 10.6 Å². The first kappa shape index (κ1) is 21.8. The summed E-state index contributed by atoms with van der Waals surface area (Å²) in [5.41, 5.74) is 8.95. The molecule has 164 valence electrons. The number of nitrogens with zero attached hydrogens (tertiary/aromatic N) is 5. The number of rotatable bonds is 5. The molecule has 0 bridgehead atoms. The number of pyridine rings is 3. The van der Waals surface area contributed by atoms with Crippen molar-refractivity contribution in [3.63, 3.8) is 0 Å². The quantitative estimate of drug-likeness (QED) is 0.495. The van der Waals surface area contributed by atoms with Crippen LogP contribution in [-0.4, -0.2) is 25.8 Å². The van der Waals surface area contributed by atoms with Crippen LogP contribution in [0.5, 0.6) is 0 Å². The number of hydrogen-bond donors (Lipinski definition) is 1. The molecule has 2 N–H and O–H groups in total. The van der Waals surface area contributed by atoms with Crippen LogP contribution in [0.3, 0.4) is 0 Å². The number of carbonyl (C=O) groups is 1. The van der Waals surface area contributed by atoms with Gasteiger partial charge in [0.05, 0.1) is 35.1 Å². The molecule has 4 rings (SSSR count). The summed E-state index contributed by atoms with van der Waals surface area (Å²) in [4.78, 5) is 28.0. The highest BCUT2D eigenvalue weighted by molar-refractivity contribution is 5.98. The summed E-state index contributed by atoms with van der Waals surface area (Å²) in [5, 5.41) is 9.80. The number of nitrogens with two attached hydrogens (primary N) is 1. The number of aromatic nitrogens is 3. The van der Waals surface area contributed by atoms with E-state index in [2.05, 4.69) is 15.0 Å². The molecule has 0 aliphatic rings. The Labute approximate surface area is 190 Å². The Morgan fingerprint density at radius 2 is 2.03 bits per heavy atom. The molecular formula is C25H21FN6O. The Hall–Kier alpha value is -4.38. The third-order valence-electron chi connectivity index (χ3n) is 5.49. The minimum absolute atomic E-state index is 0.110. The van der Waals surface area contributed by atoms with Gasteiger partial charge in [0.25, 0.3) is 5.91 Å². The van der Waals surface area contributed by atoms with Crippen molar-refractivity contribution >= 4 is 22.6 Å². The lowest BCUT2D eigenvalue weighted by molar-refractivity contribution is 0.0664. The minimum atomic E-state index is -0.668. The van der Waals surface area contributed by atoms with Crippen molar-refractivity contribution in [2.45, 2.75) is 26.4 Å². The fourth-order valence-corrected chi connectivity index (χ4v) is 3.59. The number of fused-ring (bicyclic) bond motifs is 1. The minimum Gasteiger partial charge on any atom is -0.383 e. The monoisotopic (exact) mass is 440 g/mol. The molecule has 0 spiro atoms. The molecule has 1 amide bonds. The number of nitrogen functional groups attached to an aromatic ring is 1. The normalized spacial score (nSPS) is 11.7. The number of benzene rings is 1. The lowest BCUT2D eigenvalue weighted by Crippen LogP contribution is -2.34. The molecule has 0 saturated heterocycles. The Bertz CT molecular complexity index is 1380. The third kappa shape index (κ3) is 4.48. The van der Waals surface area contributed by atoms with Crippen molar-refractivity contribution in [1.29, 1.82) is 5.26 Å². The van der Waals surface area contributed by atoms with Gasteiger partial charge in [-0.05, 0) is 67.9 Å². The second-order valence-electron chi connectivity index (χ2n) is 7.73. The molecule has 0 aliphatic carbocycles. The first-order valence-electron chi connectivity index (χ1n) is 10.3. The molecule has 3 heterocycles. The van der Waals surface area contributed by atoms with E-state index in [1.165, 1.54) is 29.4 Å². The van der Waals surface area contributed by atoms with Crippen LogP contribution in [0.15, 0.2) is 60.9 Å². The summed E-state index contributed by atoms with van der Waals surface area (Å²) in [6.07, 6.45) is 2.94. The zero-order valence-corrected chi connectivity index (χ0v) is 18.2. The number of aryl methyl sites for hydroxylation is 1. The van der Waals surface area contributed by atoms with E-state index in [-0.39, 0.29) is 18.1 Å². The second kappa shape index (κ2) is 9.01.